The quantitative estimate of drug-likeness (QED) is 0.369. The van der Waals surface area contributed by atoms with Crippen molar-refractivity contribution in [3.05, 3.63) is 0 Å². The zero-order valence-electron chi connectivity index (χ0n) is 14.0. The summed E-state index contributed by atoms with van der Waals surface area (Å²) in [6, 6.07) is 0. The van der Waals surface area contributed by atoms with Crippen molar-refractivity contribution < 1.29 is 23.6 Å². The molecule has 1 aliphatic heterocycles. The van der Waals surface area contributed by atoms with E-state index in [2.05, 4.69) is 5.16 Å². The van der Waals surface area contributed by atoms with Gasteiger partial charge in [0, 0.05) is 18.5 Å². The maximum absolute atomic E-state index is 12.8. The Labute approximate surface area is 135 Å². The van der Waals surface area contributed by atoms with Crippen molar-refractivity contribution in [3.8, 4) is 0 Å². The van der Waals surface area contributed by atoms with Crippen molar-refractivity contribution in [1.29, 1.82) is 0 Å². The smallest absolute Gasteiger partial charge is 0.410 e. The Balaban J connectivity index is 1.91. The van der Waals surface area contributed by atoms with Gasteiger partial charge in [-0.15, -0.1) is 0 Å². The maximum atomic E-state index is 12.8. The van der Waals surface area contributed by atoms with Gasteiger partial charge in [-0.3, -0.25) is 0 Å². The molecule has 0 aromatic rings. The van der Waals surface area contributed by atoms with Crippen LogP contribution in [0.3, 0.4) is 0 Å². The summed E-state index contributed by atoms with van der Waals surface area (Å²) in [6.45, 7) is 8.02. The minimum absolute atomic E-state index is 0.118. The van der Waals surface area contributed by atoms with E-state index in [0.717, 1.165) is 0 Å². The molecule has 1 aliphatic carbocycles. The molecule has 23 heavy (non-hydrogen) atoms. The number of hydrogen-bond acceptors (Lipinski definition) is 5. The maximum Gasteiger partial charge on any atom is 0.410 e. The minimum Gasteiger partial charge on any atom is -0.444 e. The first-order valence-electron chi connectivity index (χ1n) is 7.69. The van der Waals surface area contributed by atoms with Crippen LogP contribution in [0.5, 0.6) is 0 Å². The first-order valence-corrected chi connectivity index (χ1v) is 7.69. The highest BCUT2D eigenvalue weighted by molar-refractivity contribution is 5.88. The molecule has 0 radical (unpaired) electrons. The number of nitrogens with two attached hydrogens (primary N) is 1. The van der Waals surface area contributed by atoms with Gasteiger partial charge in [-0.25, -0.2) is 14.0 Å². The SMILES string of the molecule is CC(C)(C)OC(=O)N1CCC(C)(/C(N)=N\OC(=O)[C@@H]2C[C@@H]2F)C1. The van der Waals surface area contributed by atoms with Crippen LogP contribution in [-0.2, 0) is 14.4 Å². The number of carbonyl (C=O) groups is 2. The molecule has 1 amide bonds. The molecule has 2 aliphatic rings. The van der Waals surface area contributed by atoms with Gasteiger partial charge in [-0.2, -0.15) is 0 Å². The zero-order chi connectivity index (χ0) is 17.4. The summed E-state index contributed by atoms with van der Waals surface area (Å²) in [5, 5.41) is 3.64. The number of amides is 1. The lowest BCUT2D eigenvalue weighted by atomic mass is 9.89. The van der Waals surface area contributed by atoms with Crippen LogP contribution >= 0.6 is 0 Å². The molecular weight excluding hydrogens is 305 g/mol. The Morgan fingerprint density at radius 1 is 1.39 bits per heavy atom. The summed E-state index contributed by atoms with van der Waals surface area (Å²) < 4.78 is 18.1. The average molecular weight is 329 g/mol. The number of hydrogen-bond donors (Lipinski definition) is 1. The van der Waals surface area contributed by atoms with Crippen molar-refractivity contribution in [2.75, 3.05) is 13.1 Å². The van der Waals surface area contributed by atoms with Gasteiger partial charge >= 0.3 is 12.1 Å². The van der Waals surface area contributed by atoms with Crippen LogP contribution in [0.25, 0.3) is 0 Å². The summed E-state index contributed by atoms with van der Waals surface area (Å²) in [4.78, 5) is 29.8. The van der Waals surface area contributed by atoms with E-state index >= 15 is 0 Å². The molecule has 2 N–H and O–H groups in total. The molecule has 0 bridgehead atoms. The largest absolute Gasteiger partial charge is 0.444 e. The third kappa shape index (κ3) is 4.33. The molecule has 0 spiro atoms. The van der Waals surface area contributed by atoms with Crippen LogP contribution in [-0.4, -0.2) is 47.7 Å². The second kappa shape index (κ2) is 5.98. The van der Waals surface area contributed by atoms with E-state index in [1.165, 1.54) is 0 Å². The van der Waals surface area contributed by atoms with E-state index in [4.69, 9.17) is 15.3 Å². The fourth-order valence-corrected chi connectivity index (χ4v) is 2.33. The lowest BCUT2D eigenvalue weighted by Crippen LogP contribution is -2.40. The summed E-state index contributed by atoms with van der Waals surface area (Å²) in [5.74, 6) is -1.31. The van der Waals surface area contributed by atoms with Crippen molar-refractivity contribution in [1.82, 2.24) is 4.90 Å². The lowest BCUT2D eigenvalue weighted by molar-refractivity contribution is -0.145. The zero-order valence-corrected chi connectivity index (χ0v) is 14.0. The highest BCUT2D eigenvalue weighted by Gasteiger charge is 2.46. The van der Waals surface area contributed by atoms with Crippen LogP contribution in [0.1, 0.15) is 40.5 Å². The monoisotopic (exact) mass is 329 g/mol. The van der Waals surface area contributed by atoms with Crippen LogP contribution in [0, 0.1) is 11.3 Å². The van der Waals surface area contributed by atoms with Crippen LogP contribution in [0.4, 0.5) is 9.18 Å². The molecule has 1 unspecified atom stereocenters. The molecular formula is C15H24FN3O4. The number of halogens is 1. The van der Waals surface area contributed by atoms with Gasteiger partial charge in [0.15, 0.2) is 0 Å². The van der Waals surface area contributed by atoms with Gasteiger partial charge < -0.3 is 20.2 Å². The molecule has 2 fully saturated rings. The Kier molecular flexibility index (Phi) is 4.54. The highest BCUT2D eigenvalue weighted by atomic mass is 19.1. The van der Waals surface area contributed by atoms with Gasteiger partial charge in [-0.05, 0) is 33.6 Å². The second-order valence-electron chi connectivity index (χ2n) is 7.46. The predicted molar refractivity (Wildman–Crippen MR) is 81.2 cm³/mol. The van der Waals surface area contributed by atoms with Crippen LogP contribution in [0.2, 0.25) is 0 Å². The van der Waals surface area contributed by atoms with Gasteiger partial charge in [-0.1, -0.05) is 12.1 Å². The molecule has 8 heteroatoms. The molecule has 0 aromatic carbocycles. The Bertz CT molecular complexity index is 531. The third-order valence-corrected chi connectivity index (χ3v) is 3.99. The standard InChI is InChI=1S/C15H24FN3O4/c1-14(2,3)22-13(21)19-6-5-15(4,8-19)12(17)18-23-11(20)9-7-10(9)16/h9-10H,5-8H2,1-4H3,(H2,17,18)/t9-,10+,15?/m1/s1. The Morgan fingerprint density at radius 2 is 2.00 bits per heavy atom. The van der Waals surface area contributed by atoms with E-state index in [9.17, 15) is 14.0 Å². The first-order chi connectivity index (χ1) is 10.5. The number of nitrogens with zero attached hydrogens (tertiary/aromatic N) is 2. The average Bonchev–Trinajstić information content (AvgIpc) is 3.01. The Hall–Kier alpha value is -1.86. The van der Waals surface area contributed by atoms with E-state index in [0.29, 0.717) is 19.5 Å². The van der Waals surface area contributed by atoms with Crippen molar-refractivity contribution in [2.45, 2.75) is 52.3 Å². The van der Waals surface area contributed by atoms with Crippen LogP contribution < -0.4 is 5.73 Å². The van der Waals surface area contributed by atoms with Gasteiger partial charge in [0.25, 0.3) is 0 Å². The number of rotatable bonds is 3. The minimum atomic E-state index is -1.14. The summed E-state index contributed by atoms with van der Waals surface area (Å²) in [7, 11) is 0. The molecule has 3 atom stereocenters. The summed E-state index contributed by atoms with van der Waals surface area (Å²) >= 11 is 0. The van der Waals surface area contributed by atoms with E-state index in [-0.39, 0.29) is 12.3 Å². The second-order valence-corrected chi connectivity index (χ2v) is 7.46. The van der Waals surface area contributed by atoms with E-state index in [1.54, 1.807) is 25.7 Å². The predicted octanol–water partition coefficient (Wildman–Crippen LogP) is 1.81. The molecule has 130 valence electrons. The normalized spacial score (nSPS) is 31.0. The highest BCUT2D eigenvalue weighted by Crippen LogP contribution is 2.35. The number of amidine groups is 1. The lowest BCUT2D eigenvalue weighted by Gasteiger charge is -2.26. The van der Waals surface area contributed by atoms with E-state index in [1.807, 2.05) is 6.92 Å². The molecule has 1 saturated heterocycles. The van der Waals surface area contributed by atoms with Crippen molar-refractivity contribution >= 4 is 17.9 Å². The first kappa shape index (κ1) is 17.5. The number of likely N-dealkylation sites (tertiary alicyclic amines) is 1. The summed E-state index contributed by atoms with van der Waals surface area (Å²) in [5.41, 5.74) is 4.73. The van der Waals surface area contributed by atoms with Gasteiger partial charge in [0.1, 0.15) is 17.6 Å². The fourth-order valence-electron chi connectivity index (χ4n) is 2.33. The molecule has 1 heterocycles. The molecule has 0 aromatic heterocycles. The number of alkyl halides is 1. The Morgan fingerprint density at radius 3 is 2.52 bits per heavy atom. The van der Waals surface area contributed by atoms with Gasteiger partial charge in [0.2, 0.25) is 0 Å². The van der Waals surface area contributed by atoms with Crippen LogP contribution in [0.15, 0.2) is 5.16 Å². The number of carbonyl (C=O) groups excluding carboxylic acids is 2. The van der Waals surface area contributed by atoms with Gasteiger partial charge in [0.05, 0.1) is 5.92 Å². The topological polar surface area (TPSA) is 94.2 Å². The number of oxime groups is 1. The molecule has 1 saturated carbocycles. The van der Waals surface area contributed by atoms with E-state index < -0.39 is 35.2 Å². The fraction of sp³-hybridized carbons (Fsp3) is 0.800. The summed E-state index contributed by atoms with van der Waals surface area (Å²) in [6.07, 6.45) is -0.792. The van der Waals surface area contributed by atoms with Crippen molar-refractivity contribution in [3.63, 3.8) is 0 Å². The van der Waals surface area contributed by atoms with Crippen molar-refractivity contribution in [2.24, 2.45) is 22.2 Å². The molecule has 7 nitrogen and oxygen atoms in total. The number of ether oxygens (including phenoxy) is 1. The molecule has 2 rings (SSSR count). The third-order valence-electron chi connectivity index (χ3n) is 3.99.